The molecule has 0 radical (unpaired) electrons. The Hall–Kier alpha value is -2.02. The van der Waals surface area contributed by atoms with Gasteiger partial charge in [-0.2, -0.15) is 18.3 Å². The second kappa shape index (κ2) is 8.61. The molecule has 1 saturated carbocycles. The van der Waals surface area contributed by atoms with Gasteiger partial charge in [0.25, 0.3) is 5.91 Å². The molecule has 1 N–H and O–H groups in total. The van der Waals surface area contributed by atoms with Crippen LogP contribution in [0.5, 0.6) is 0 Å². The fraction of sp³-hybridized carbons (Fsp3) is 0.545. The van der Waals surface area contributed by atoms with E-state index in [9.17, 15) is 18.0 Å². The Bertz CT molecular complexity index is 917. The van der Waals surface area contributed by atoms with Crippen molar-refractivity contribution in [3.8, 4) is 0 Å². The first-order chi connectivity index (χ1) is 14.3. The standard InChI is InChI=1S/C22H25ClF3N3O/c23-19-10-7-16(22(24,25)26)11-18(19)21(30)28-17-8-5-14(6-9-17)13-29-20-4-2-1-3-15(20)12-27-29/h7,10-12,14,17H,1-6,8-9,13H2,(H,28,30)/t14-,17-. The minimum Gasteiger partial charge on any atom is -0.349 e. The van der Waals surface area contributed by atoms with Crippen molar-refractivity contribution < 1.29 is 18.0 Å². The summed E-state index contributed by atoms with van der Waals surface area (Å²) in [4.78, 5) is 12.5. The molecule has 2 aliphatic rings. The van der Waals surface area contributed by atoms with Crippen LogP contribution in [0.15, 0.2) is 24.4 Å². The fourth-order valence-corrected chi connectivity index (χ4v) is 4.79. The van der Waals surface area contributed by atoms with Crippen LogP contribution in [0, 0.1) is 5.92 Å². The summed E-state index contributed by atoms with van der Waals surface area (Å²) in [6, 6.07) is 2.79. The number of hydrogen-bond donors (Lipinski definition) is 1. The van der Waals surface area contributed by atoms with Crippen LogP contribution >= 0.6 is 11.6 Å². The molecular weight excluding hydrogens is 415 g/mol. The van der Waals surface area contributed by atoms with Gasteiger partial charge in [0.1, 0.15) is 0 Å². The number of hydrogen-bond acceptors (Lipinski definition) is 2. The number of alkyl halides is 3. The largest absolute Gasteiger partial charge is 0.416 e. The van der Waals surface area contributed by atoms with Gasteiger partial charge in [0.05, 0.1) is 22.3 Å². The molecule has 1 aromatic carbocycles. The monoisotopic (exact) mass is 439 g/mol. The number of aromatic nitrogens is 2. The van der Waals surface area contributed by atoms with Gasteiger partial charge in [-0.15, -0.1) is 0 Å². The summed E-state index contributed by atoms with van der Waals surface area (Å²) in [7, 11) is 0. The molecule has 0 spiro atoms. The van der Waals surface area contributed by atoms with Gasteiger partial charge in [-0.25, -0.2) is 0 Å². The summed E-state index contributed by atoms with van der Waals surface area (Å²) in [5.41, 5.74) is 1.75. The Morgan fingerprint density at radius 3 is 2.63 bits per heavy atom. The number of nitrogens with zero attached hydrogens (tertiary/aromatic N) is 2. The SMILES string of the molecule is O=C(N[C@H]1CC[C@H](Cn2ncc3c2CCCC3)CC1)c1cc(C(F)(F)F)ccc1Cl. The molecule has 0 aliphatic heterocycles. The molecule has 8 heteroatoms. The smallest absolute Gasteiger partial charge is 0.349 e. The first-order valence-electron chi connectivity index (χ1n) is 10.5. The van der Waals surface area contributed by atoms with Crippen LogP contribution in [0.1, 0.15) is 65.7 Å². The third-order valence-corrected chi connectivity index (χ3v) is 6.63. The summed E-state index contributed by atoms with van der Waals surface area (Å²) < 4.78 is 41.0. The van der Waals surface area contributed by atoms with Gasteiger partial charge >= 0.3 is 6.18 Å². The lowest BCUT2D eigenvalue weighted by Crippen LogP contribution is -2.38. The molecule has 0 atom stereocenters. The minimum atomic E-state index is -4.51. The number of fused-ring (bicyclic) bond motifs is 1. The topological polar surface area (TPSA) is 46.9 Å². The van der Waals surface area contributed by atoms with Crippen LogP contribution in [0.4, 0.5) is 13.2 Å². The number of aryl methyl sites for hydroxylation is 1. The second-order valence-corrected chi connectivity index (χ2v) is 8.80. The molecule has 1 heterocycles. The van der Waals surface area contributed by atoms with Crippen LogP contribution in [0.3, 0.4) is 0 Å². The Balaban J connectivity index is 1.33. The maximum atomic E-state index is 12.9. The summed E-state index contributed by atoms with van der Waals surface area (Å²) in [5, 5.41) is 7.47. The highest BCUT2D eigenvalue weighted by atomic mass is 35.5. The number of rotatable bonds is 4. The van der Waals surface area contributed by atoms with Crippen molar-refractivity contribution in [1.82, 2.24) is 15.1 Å². The molecule has 4 nitrogen and oxygen atoms in total. The highest BCUT2D eigenvalue weighted by Crippen LogP contribution is 2.32. The number of nitrogens with one attached hydrogen (secondary N) is 1. The molecule has 0 bridgehead atoms. The van der Waals surface area contributed by atoms with Gasteiger partial charge in [0.15, 0.2) is 0 Å². The number of halogens is 4. The average molecular weight is 440 g/mol. The zero-order valence-electron chi connectivity index (χ0n) is 16.6. The Morgan fingerprint density at radius 2 is 1.90 bits per heavy atom. The van der Waals surface area contributed by atoms with Gasteiger partial charge in [-0.1, -0.05) is 11.6 Å². The van der Waals surface area contributed by atoms with Crippen molar-refractivity contribution in [3.05, 3.63) is 51.8 Å². The lowest BCUT2D eigenvalue weighted by molar-refractivity contribution is -0.137. The van der Waals surface area contributed by atoms with E-state index in [1.807, 2.05) is 6.20 Å². The molecule has 1 aromatic heterocycles. The number of carbonyl (C=O) groups is 1. The van der Waals surface area contributed by atoms with Gasteiger partial charge < -0.3 is 5.32 Å². The zero-order chi connectivity index (χ0) is 21.3. The van der Waals surface area contributed by atoms with E-state index in [1.54, 1.807) is 0 Å². The van der Waals surface area contributed by atoms with Crippen LogP contribution < -0.4 is 5.32 Å². The van der Waals surface area contributed by atoms with Crippen LogP contribution in [-0.4, -0.2) is 21.7 Å². The van der Waals surface area contributed by atoms with E-state index in [-0.39, 0.29) is 16.6 Å². The third kappa shape index (κ3) is 4.66. The summed E-state index contributed by atoms with van der Waals surface area (Å²) >= 11 is 5.98. The lowest BCUT2D eigenvalue weighted by atomic mass is 9.85. The van der Waals surface area contributed by atoms with Crippen molar-refractivity contribution in [2.24, 2.45) is 5.92 Å². The molecule has 2 aromatic rings. The first kappa shape index (κ1) is 21.2. The quantitative estimate of drug-likeness (QED) is 0.691. The fourth-order valence-electron chi connectivity index (χ4n) is 4.59. The molecule has 4 rings (SSSR count). The average Bonchev–Trinajstić information content (AvgIpc) is 3.12. The molecule has 1 fully saturated rings. The van der Waals surface area contributed by atoms with E-state index in [2.05, 4.69) is 15.1 Å². The van der Waals surface area contributed by atoms with Crippen molar-refractivity contribution in [2.45, 2.75) is 70.1 Å². The Kier molecular flexibility index (Phi) is 6.09. The molecular formula is C22H25ClF3N3O. The van der Waals surface area contributed by atoms with E-state index in [1.165, 1.54) is 24.1 Å². The third-order valence-electron chi connectivity index (χ3n) is 6.30. The zero-order valence-corrected chi connectivity index (χ0v) is 17.4. The predicted molar refractivity (Wildman–Crippen MR) is 109 cm³/mol. The maximum absolute atomic E-state index is 12.9. The van der Waals surface area contributed by atoms with Crippen LogP contribution in [-0.2, 0) is 25.6 Å². The molecule has 162 valence electrons. The van der Waals surface area contributed by atoms with Gasteiger partial charge in [-0.3, -0.25) is 9.48 Å². The van der Waals surface area contributed by atoms with E-state index < -0.39 is 17.6 Å². The van der Waals surface area contributed by atoms with Crippen molar-refractivity contribution >= 4 is 17.5 Å². The van der Waals surface area contributed by atoms with E-state index in [0.717, 1.165) is 63.3 Å². The lowest BCUT2D eigenvalue weighted by Gasteiger charge is -2.30. The van der Waals surface area contributed by atoms with Gasteiger partial charge in [0, 0.05) is 18.3 Å². The summed E-state index contributed by atoms with van der Waals surface area (Å²) in [6.45, 7) is 0.898. The minimum absolute atomic E-state index is 0.0256. The van der Waals surface area contributed by atoms with Crippen LogP contribution in [0.25, 0.3) is 0 Å². The number of amides is 1. The van der Waals surface area contributed by atoms with Gasteiger partial charge in [0.2, 0.25) is 0 Å². The van der Waals surface area contributed by atoms with E-state index >= 15 is 0 Å². The Labute approximate surface area is 178 Å². The van der Waals surface area contributed by atoms with E-state index in [4.69, 9.17) is 11.6 Å². The maximum Gasteiger partial charge on any atom is 0.416 e. The number of benzene rings is 1. The van der Waals surface area contributed by atoms with Crippen molar-refractivity contribution in [3.63, 3.8) is 0 Å². The number of carbonyl (C=O) groups excluding carboxylic acids is 1. The van der Waals surface area contributed by atoms with Gasteiger partial charge in [-0.05, 0) is 81.0 Å². The highest BCUT2D eigenvalue weighted by molar-refractivity contribution is 6.33. The second-order valence-electron chi connectivity index (χ2n) is 8.39. The van der Waals surface area contributed by atoms with E-state index in [0.29, 0.717) is 5.92 Å². The highest BCUT2D eigenvalue weighted by Gasteiger charge is 2.32. The predicted octanol–water partition coefficient (Wildman–Crippen LogP) is 5.42. The molecule has 0 unspecified atom stereocenters. The van der Waals surface area contributed by atoms with Crippen molar-refractivity contribution in [1.29, 1.82) is 0 Å². The molecule has 2 aliphatic carbocycles. The summed E-state index contributed by atoms with van der Waals surface area (Å²) in [5.74, 6) is -0.0445. The molecule has 30 heavy (non-hydrogen) atoms. The Morgan fingerprint density at radius 1 is 1.17 bits per heavy atom. The van der Waals surface area contributed by atoms with Crippen LogP contribution in [0.2, 0.25) is 5.02 Å². The molecule has 0 saturated heterocycles. The normalized spacial score (nSPS) is 21.9. The first-order valence-corrected chi connectivity index (χ1v) is 10.9. The summed E-state index contributed by atoms with van der Waals surface area (Å²) in [6.07, 6.45) is 5.67. The van der Waals surface area contributed by atoms with Crippen molar-refractivity contribution in [2.75, 3.05) is 0 Å². The molecule has 1 amide bonds.